The number of nitrogens with one attached hydrogen (secondary N) is 1. The van der Waals surface area contributed by atoms with E-state index in [9.17, 15) is 8.42 Å². The van der Waals surface area contributed by atoms with Crippen LogP contribution in [0.5, 0.6) is 0 Å². The molecule has 0 aliphatic rings. The second-order valence-electron chi connectivity index (χ2n) is 4.22. The van der Waals surface area contributed by atoms with E-state index in [1.54, 1.807) is 0 Å². The van der Waals surface area contributed by atoms with Crippen LogP contribution in [-0.2, 0) is 15.6 Å². The van der Waals surface area contributed by atoms with Gasteiger partial charge in [-0.1, -0.05) is 44.2 Å². The summed E-state index contributed by atoms with van der Waals surface area (Å²) in [7, 11) is -3.64. The molecule has 0 heterocycles. The minimum Gasteiger partial charge on any atom is -0.216 e. The fraction of sp³-hybridized carbons (Fsp3) is 0.500. The van der Waals surface area contributed by atoms with Crippen LogP contribution < -0.4 is 9.86 Å². The van der Waals surface area contributed by atoms with Gasteiger partial charge in [0.25, 0.3) is 10.2 Å². The van der Waals surface area contributed by atoms with Crippen molar-refractivity contribution in [2.45, 2.75) is 32.1 Å². The Morgan fingerprint density at radius 1 is 1.18 bits per heavy atom. The van der Waals surface area contributed by atoms with Crippen LogP contribution >= 0.6 is 0 Å². The lowest BCUT2D eigenvalue weighted by Crippen LogP contribution is -2.42. The van der Waals surface area contributed by atoms with E-state index in [1.165, 1.54) is 0 Å². The monoisotopic (exact) mass is 256 g/mol. The van der Waals surface area contributed by atoms with Crippen molar-refractivity contribution in [3.8, 4) is 0 Å². The molecule has 1 rings (SSSR count). The number of rotatable bonds is 6. The van der Waals surface area contributed by atoms with Crippen LogP contribution in [0.4, 0.5) is 0 Å². The van der Waals surface area contributed by atoms with Crippen molar-refractivity contribution in [2.75, 3.05) is 6.54 Å². The molecule has 0 aliphatic heterocycles. The topological polar surface area (TPSA) is 72.2 Å². The zero-order valence-corrected chi connectivity index (χ0v) is 11.1. The number of hydrogen-bond donors (Lipinski definition) is 2. The van der Waals surface area contributed by atoms with Crippen LogP contribution in [0.2, 0.25) is 0 Å². The summed E-state index contributed by atoms with van der Waals surface area (Å²) >= 11 is 0. The van der Waals surface area contributed by atoms with Crippen molar-refractivity contribution < 1.29 is 8.42 Å². The van der Waals surface area contributed by atoms with Crippen molar-refractivity contribution in [1.29, 1.82) is 0 Å². The van der Waals surface area contributed by atoms with Gasteiger partial charge in [-0.05, 0) is 18.4 Å². The Labute approximate surface area is 103 Å². The van der Waals surface area contributed by atoms with Gasteiger partial charge in [-0.15, -0.1) is 0 Å². The summed E-state index contributed by atoms with van der Waals surface area (Å²) in [5.74, 6) is 0. The van der Waals surface area contributed by atoms with E-state index < -0.39 is 10.2 Å². The zero-order chi connectivity index (χ0) is 12.9. The standard InChI is InChI=1S/C12H20N2O2S/c1-3-12(4-2,10-14-17(13,15)16)11-8-6-5-7-9-11/h5-9,14H,3-4,10H2,1-2H3,(H2,13,15,16). The van der Waals surface area contributed by atoms with Crippen molar-refractivity contribution in [2.24, 2.45) is 5.14 Å². The molecule has 0 fully saturated rings. The first kappa shape index (κ1) is 14.2. The first-order chi connectivity index (χ1) is 7.93. The third kappa shape index (κ3) is 3.80. The van der Waals surface area contributed by atoms with Crippen LogP contribution in [-0.4, -0.2) is 15.0 Å². The summed E-state index contributed by atoms with van der Waals surface area (Å²) in [4.78, 5) is 0. The molecule has 0 saturated carbocycles. The van der Waals surface area contributed by atoms with Gasteiger partial charge in [0, 0.05) is 12.0 Å². The SMILES string of the molecule is CCC(CC)(CNS(N)(=O)=O)c1ccccc1. The largest absolute Gasteiger partial charge is 0.274 e. The molecule has 0 bridgehead atoms. The molecule has 0 aromatic heterocycles. The number of nitrogens with two attached hydrogens (primary N) is 1. The Morgan fingerprint density at radius 2 is 1.71 bits per heavy atom. The molecule has 1 aromatic carbocycles. The second kappa shape index (κ2) is 5.62. The van der Waals surface area contributed by atoms with E-state index in [1.807, 2.05) is 30.3 Å². The van der Waals surface area contributed by atoms with E-state index in [-0.39, 0.29) is 5.41 Å². The van der Waals surface area contributed by atoms with E-state index in [0.717, 1.165) is 18.4 Å². The summed E-state index contributed by atoms with van der Waals surface area (Å²) in [6.45, 7) is 4.45. The summed E-state index contributed by atoms with van der Waals surface area (Å²) in [5.41, 5.74) is 0.953. The lowest BCUT2D eigenvalue weighted by molar-refractivity contribution is 0.391. The fourth-order valence-electron chi connectivity index (χ4n) is 2.04. The maximum Gasteiger partial charge on any atom is 0.274 e. The van der Waals surface area contributed by atoms with Crippen LogP contribution in [0.1, 0.15) is 32.3 Å². The average Bonchev–Trinajstić information content (AvgIpc) is 2.31. The highest BCUT2D eigenvalue weighted by molar-refractivity contribution is 7.87. The molecule has 17 heavy (non-hydrogen) atoms. The second-order valence-corrected chi connectivity index (χ2v) is 5.60. The van der Waals surface area contributed by atoms with Crippen LogP contribution in [0.25, 0.3) is 0 Å². The number of benzene rings is 1. The van der Waals surface area contributed by atoms with Gasteiger partial charge in [0.2, 0.25) is 0 Å². The van der Waals surface area contributed by atoms with Gasteiger partial charge in [-0.3, -0.25) is 0 Å². The molecular formula is C12H20N2O2S. The van der Waals surface area contributed by atoms with Gasteiger partial charge in [-0.25, -0.2) is 9.86 Å². The van der Waals surface area contributed by atoms with Gasteiger partial charge in [0.05, 0.1) is 0 Å². The molecule has 1 aromatic rings. The first-order valence-electron chi connectivity index (χ1n) is 5.76. The Bertz CT molecular complexity index is 439. The zero-order valence-electron chi connectivity index (χ0n) is 10.3. The highest BCUT2D eigenvalue weighted by Gasteiger charge is 2.29. The van der Waals surface area contributed by atoms with Crippen LogP contribution in [0.15, 0.2) is 30.3 Å². The highest BCUT2D eigenvalue weighted by atomic mass is 32.2. The van der Waals surface area contributed by atoms with Gasteiger partial charge in [-0.2, -0.15) is 8.42 Å². The van der Waals surface area contributed by atoms with Crippen LogP contribution in [0.3, 0.4) is 0 Å². The van der Waals surface area contributed by atoms with Crippen molar-refractivity contribution in [3.63, 3.8) is 0 Å². The molecule has 0 unspecified atom stereocenters. The predicted molar refractivity (Wildman–Crippen MR) is 69.8 cm³/mol. The summed E-state index contributed by atoms with van der Waals surface area (Å²) in [5, 5.41) is 4.99. The number of hydrogen-bond acceptors (Lipinski definition) is 2. The minimum atomic E-state index is -3.64. The molecule has 5 heteroatoms. The molecule has 0 spiro atoms. The summed E-state index contributed by atoms with van der Waals surface area (Å²) in [6, 6.07) is 9.93. The normalized spacial score (nSPS) is 12.6. The fourth-order valence-corrected chi connectivity index (χ4v) is 2.52. The molecular weight excluding hydrogens is 236 g/mol. The minimum absolute atomic E-state index is 0.187. The molecule has 0 amide bonds. The van der Waals surface area contributed by atoms with Crippen molar-refractivity contribution >= 4 is 10.2 Å². The molecule has 0 aliphatic carbocycles. The van der Waals surface area contributed by atoms with Gasteiger partial charge >= 0.3 is 0 Å². The maximum absolute atomic E-state index is 11.0. The molecule has 3 N–H and O–H groups in total. The third-order valence-electron chi connectivity index (χ3n) is 3.35. The highest BCUT2D eigenvalue weighted by Crippen LogP contribution is 2.30. The first-order valence-corrected chi connectivity index (χ1v) is 7.31. The van der Waals surface area contributed by atoms with Gasteiger partial charge in [0.1, 0.15) is 0 Å². The van der Waals surface area contributed by atoms with E-state index >= 15 is 0 Å². The quantitative estimate of drug-likeness (QED) is 0.810. The summed E-state index contributed by atoms with van der Waals surface area (Å²) < 4.78 is 24.4. The maximum atomic E-state index is 11.0. The van der Waals surface area contributed by atoms with Crippen molar-refractivity contribution in [1.82, 2.24) is 4.72 Å². The molecule has 0 saturated heterocycles. The van der Waals surface area contributed by atoms with Gasteiger partial charge in [0.15, 0.2) is 0 Å². The average molecular weight is 256 g/mol. The van der Waals surface area contributed by atoms with E-state index in [4.69, 9.17) is 5.14 Å². The molecule has 0 atom stereocenters. The molecule has 96 valence electrons. The third-order valence-corrected chi connectivity index (χ3v) is 3.90. The Morgan fingerprint density at radius 3 is 2.12 bits per heavy atom. The Kier molecular flexibility index (Phi) is 4.68. The molecule has 4 nitrogen and oxygen atoms in total. The van der Waals surface area contributed by atoms with Crippen LogP contribution in [0, 0.1) is 0 Å². The lowest BCUT2D eigenvalue weighted by atomic mass is 9.76. The van der Waals surface area contributed by atoms with Crippen molar-refractivity contribution in [3.05, 3.63) is 35.9 Å². The smallest absolute Gasteiger partial charge is 0.216 e. The lowest BCUT2D eigenvalue weighted by Gasteiger charge is -2.32. The van der Waals surface area contributed by atoms with Gasteiger partial charge < -0.3 is 0 Å². The Balaban J connectivity index is 2.98. The van der Waals surface area contributed by atoms with E-state index in [2.05, 4.69) is 18.6 Å². The molecule has 0 radical (unpaired) electrons. The van der Waals surface area contributed by atoms with E-state index in [0.29, 0.717) is 6.54 Å². The predicted octanol–water partition coefficient (Wildman–Crippen LogP) is 1.54. The summed E-state index contributed by atoms with van der Waals surface area (Å²) in [6.07, 6.45) is 1.71. The Hall–Kier alpha value is -0.910.